The van der Waals surface area contributed by atoms with Gasteiger partial charge in [-0.2, -0.15) is 0 Å². The number of nitrogens with zero attached hydrogens (tertiary/aromatic N) is 4. The van der Waals surface area contributed by atoms with E-state index in [-0.39, 0.29) is 24.8 Å². The molecule has 1 N–H and O–H groups in total. The van der Waals surface area contributed by atoms with Gasteiger partial charge in [-0.05, 0) is 44.7 Å². The molecule has 144 valence electrons. The summed E-state index contributed by atoms with van der Waals surface area (Å²) in [4.78, 5) is 16.7. The summed E-state index contributed by atoms with van der Waals surface area (Å²) in [5.41, 5.74) is 0. The fourth-order valence-corrected chi connectivity index (χ4v) is 5.68. The lowest BCUT2D eigenvalue weighted by molar-refractivity contribution is 0.195. The second-order valence-electron chi connectivity index (χ2n) is 7.55. The number of nitrogens with one attached hydrogen (secondary N) is 1. The molecule has 0 unspecified atom stereocenters. The van der Waals surface area contributed by atoms with Crippen molar-refractivity contribution in [1.82, 2.24) is 20.2 Å². The minimum absolute atomic E-state index is 0. The Bertz CT molecular complexity index is 734. The second-order valence-corrected chi connectivity index (χ2v) is 8.79. The standard InChI is InChI=1S/C18H25N5S.2ClH/c1-12-8-15-17(20-11-21-18(15)24-12)22-6-3-14(4-7-22)23-9-13-2-5-19-16(13)10-23;;/h8,11,13-14,16,19H,2-7,9-10H2,1H3;2*1H/t13-,16+;;/m0../s1. The Morgan fingerprint density at radius 2 is 1.92 bits per heavy atom. The zero-order chi connectivity index (χ0) is 16.1. The maximum absolute atomic E-state index is 4.61. The van der Waals surface area contributed by atoms with Crippen LogP contribution in [0.5, 0.6) is 0 Å². The van der Waals surface area contributed by atoms with Crippen LogP contribution in [-0.4, -0.2) is 59.7 Å². The predicted octanol–water partition coefficient (Wildman–Crippen LogP) is 3.11. The number of halogens is 2. The highest BCUT2D eigenvalue weighted by molar-refractivity contribution is 7.18. The summed E-state index contributed by atoms with van der Waals surface area (Å²) < 4.78 is 0. The van der Waals surface area contributed by atoms with Gasteiger partial charge in [-0.3, -0.25) is 4.90 Å². The first-order valence-corrected chi connectivity index (χ1v) is 10.0. The van der Waals surface area contributed by atoms with Gasteiger partial charge in [0.15, 0.2) is 0 Å². The second kappa shape index (κ2) is 8.15. The van der Waals surface area contributed by atoms with Gasteiger partial charge in [-0.15, -0.1) is 36.2 Å². The summed E-state index contributed by atoms with van der Waals surface area (Å²) in [5, 5.41) is 4.91. The van der Waals surface area contributed by atoms with Gasteiger partial charge in [0.2, 0.25) is 0 Å². The first-order chi connectivity index (χ1) is 11.8. The van der Waals surface area contributed by atoms with E-state index in [1.54, 1.807) is 17.7 Å². The highest BCUT2D eigenvalue weighted by Crippen LogP contribution is 2.33. The van der Waals surface area contributed by atoms with Crippen molar-refractivity contribution in [2.75, 3.05) is 37.6 Å². The molecule has 0 bridgehead atoms. The molecule has 5 nitrogen and oxygen atoms in total. The largest absolute Gasteiger partial charge is 0.356 e. The van der Waals surface area contributed by atoms with Crippen LogP contribution >= 0.6 is 36.2 Å². The number of aryl methyl sites for hydroxylation is 1. The van der Waals surface area contributed by atoms with Crippen LogP contribution in [0, 0.1) is 12.8 Å². The summed E-state index contributed by atoms with van der Waals surface area (Å²) in [5.74, 6) is 2.04. The molecule has 0 radical (unpaired) electrons. The lowest BCUT2D eigenvalue weighted by Gasteiger charge is -2.37. The van der Waals surface area contributed by atoms with Crippen LogP contribution in [0.2, 0.25) is 0 Å². The van der Waals surface area contributed by atoms with Crippen molar-refractivity contribution in [2.45, 2.75) is 38.3 Å². The average Bonchev–Trinajstić information content (AvgIpc) is 3.27. The van der Waals surface area contributed by atoms with Crippen molar-refractivity contribution in [3.63, 3.8) is 0 Å². The highest BCUT2D eigenvalue weighted by atomic mass is 35.5. The van der Waals surface area contributed by atoms with E-state index in [1.807, 2.05) is 0 Å². The zero-order valence-electron chi connectivity index (χ0n) is 15.1. The number of hydrogen-bond acceptors (Lipinski definition) is 6. The molecule has 8 heteroatoms. The smallest absolute Gasteiger partial charge is 0.140 e. The Morgan fingerprint density at radius 3 is 2.69 bits per heavy atom. The molecule has 0 saturated carbocycles. The molecule has 0 spiro atoms. The Morgan fingerprint density at radius 1 is 1.12 bits per heavy atom. The summed E-state index contributed by atoms with van der Waals surface area (Å²) in [6.07, 6.45) is 5.62. The number of rotatable bonds is 2. The average molecular weight is 416 g/mol. The van der Waals surface area contributed by atoms with Gasteiger partial charge in [0, 0.05) is 43.1 Å². The van der Waals surface area contributed by atoms with Crippen molar-refractivity contribution < 1.29 is 0 Å². The Balaban J connectivity index is 0.000000980. The number of piperidine rings is 1. The third kappa shape index (κ3) is 3.54. The number of aromatic nitrogens is 2. The number of likely N-dealkylation sites (tertiary alicyclic amines) is 1. The van der Waals surface area contributed by atoms with Crippen LogP contribution < -0.4 is 10.2 Å². The lowest BCUT2D eigenvalue weighted by atomic mass is 10.0. The monoisotopic (exact) mass is 415 g/mol. The van der Waals surface area contributed by atoms with E-state index < -0.39 is 0 Å². The molecule has 2 aromatic heterocycles. The summed E-state index contributed by atoms with van der Waals surface area (Å²) in [6.45, 7) is 8.18. The van der Waals surface area contributed by atoms with Crippen LogP contribution in [0.1, 0.15) is 24.1 Å². The normalized spacial score (nSPS) is 26.6. The molecule has 3 aliphatic rings. The molecule has 2 atom stereocenters. The molecule has 0 amide bonds. The molecule has 0 aromatic carbocycles. The minimum Gasteiger partial charge on any atom is -0.356 e. The van der Waals surface area contributed by atoms with E-state index in [1.165, 1.54) is 49.2 Å². The van der Waals surface area contributed by atoms with Crippen LogP contribution in [0.4, 0.5) is 5.82 Å². The van der Waals surface area contributed by atoms with Crippen molar-refractivity contribution in [2.24, 2.45) is 5.92 Å². The summed E-state index contributed by atoms with van der Waals surface area (Å²) >= 11 is 1.77. The van der Waals surface area contributed by atoms with Gasteiger partial charge in [0.05, 0.1) is 5.39 Å². The number of thiophene rings is 1. The van der Waals surface area contributed by atoms with Gasteiger partial charge in [-0.1, -0.05) is 0 Å². The summed E-state index contributed by atoms with van der Waals surface area (Å²) in [7, 11) is 0. The van der Waals surface area contributed by atoms with E-state index in [4.69, 9.17) is 0 Å². The van der Waals surface area contributed by atoms with Crippen molar-refractivity contribution in [3.8, 4) is 0 Å². The van der Waals surface area contributed by atoms with Crippen LogP contribution in [-0.2, 0) is 0 Å². The molecule has 3 saturated heterocycles. The third-order valence-corrected chi connectivity index (χ3v) is 7.06. The molecule has 3 fully saturated rings. The van der Waals surface area contributed by atoms with E-state index in [0.717, 1.165) is 41.7 Å². The fourth-order valence-electron chi connectivity index (χ4n) is 4.84. The van der Waals surface area contributed by atoms with Gasteiger partial charge in [-0.25, -0.2) is 9.97 Å². The molecule has 5 heterocycles. The van der Waals surface area contributed by atoms with Crippen molar-refractivity contribution in [1.29, 1.82) is 0 Å². The Kier molecular flexibility index (Phi) is 6.29. The van der Waals surface area contributed by atoms with Gasteiger partial charge in [0.25, 0.3) is 0 Å². The first-order valence-electron chi connectivity index (χ1n) is 9.21. The maximum atomic E-state index is 4.61. The molecule has 3 aliphatic heterocycles. The van der Waals surface area contributed by atoms with E-state index in [9.17, 15) is 0 Å². The molecule has 26 heavy (non-hydrogen) atoms. The SMILES string of the molecule is Cc1cc2c(N3CCC(N4C[C@@H]5CCN[C@@H]5C4)CC3)ncnc2s1.Cl.Cl. The number of hydrogen-bond donors (Lipinski definition) is 1. The molecule has 2 aromatic rings. The number of anilines is 1. The Labute approximate surface area is 171 Å². The highest BCUT2D eigenvalue weighted by Gasteiger charge is 2.39. The van der Waals surface area contributed by atoms with Gasteiger partial charge >= 0.3 is 0 Å². The van der Waals surface area contributed by atoms with E-state index in [2.05, 4.69) is 38.1 Å². The molecular weight excluding hydrogens is 389 g/mol. The van der Waals surface area contributed by atoms with Gasteiger partial charge in [0.1, 0.15) is 17.0 Å². The van der Waals surface area contributed by atoms with Crippen LogP contribution in [0.15, 0.2) is 12.4 Å². The zero-order valence-corrected chi connectivity index (χ0v) is 17.5. The summed E-state index contributed by atoms with van der Waals surface area (Å²) in [6, 6.07) is 3.77. The Hall–Kier alpha value is -0.660. The molecule has 5 rings (SSSR count). The lowest BCUT2D eigenvalue weighted by Crippen LogP contribution is -2.45. The van der Waals surface area contributed by atoms with Crippen LogP contribution in [0.25, 0.3) is 10.2 Å². The van der Waals surface area contributed by atoms with Crippen molar-refractivity contribution in [3.05, 3.63) is 17.3 Å². The fraction of sp³-hybridized carbons (Fsp3) is 0.667. The number of fused-ring (bicyclic) bond motifs is 2. The third-order valence-electron chi connectivity index (χ3n) is 6.10. The van der Waals surface area contributed by atoms with E-state index >= 15 is 0 Å². The predicted molar refractivity (Wildman–Crippen MR) is 113 cm³/mol. The molecular formula is C18H27Cl2N5S. The minimum atomic E-state index is 0. The van der Waals surface area contributed by atoms with Gasteiger partial charge < -0.3 is 10.2 Å². The van der Waals surface area contributed by atoms with E-state index in [0.29, 0.717) is 0 Å². The van der Waals surface area contributed by atoms with Crippen LogP contribution in [0.3, 0.4) is 0 Å². The quantitative estimate of drug-likeness (QED) is 0.815. The topological polar surface area (TPSA) is 44.3 Å². The molecule has 0 aliphatic carbocycles. The maximum Gasteiger partial charge on any atom is 0.140 e. The first kappa shape index (κ1) is 20.1. The van der Waals surface area contributed by atoms with Crippen molar-refractivity contribution >= 4 is 52.2 Å².